The van der Waals surface area contributed by atoms with E-state index in [0.29, 0.717) is 5.92 Å². The first-order chi connectivity index (χ1) is 8.77. The Labute approximate surface area is 113 Å². The van der Waals surface area contributed by atoms with Crippen molar-refractivity contribution in [3.63, 3.8) is 0 Å². The van der Waals surface area contributed by atoms with E-state index in [1.54, 1.807) is 0 Å². The topological polar surface area (TPSA) is 72.8 Å². The molecule has 3 atom stereocenters. The Kier molecular flexibility index (Phi) is 3.60. The predicted molar refractivity (Wildman–Crippen MR) is 67.7 cm³/mol. The van der Waals surface area contributed by atoms with Crippen LogP contribution >= 0.6 is 0 Å². The summed E-state index contributed by atoms with van der Waals surface area (Å²) in [6.07, 6.45) is 2.12. The Balaban J connectivity index is 1.96. The van der Waals surface area contributed by atoms with Gasteiger partial charge in [-0.2, -0.15) is 0 Å². The zero-order valence-corrected chi connectivity index (χ0v) is 11.8. The second kappa shape index (κ2) is 4.78. The van der Waals surface area contributed by atoms with E-state index in [-0.39, 0.29) is 24.5 Å². The van der Waals surface area contributed by atoms with Crippen LogP contribution in [0, 0.1) is 5.92 Å². The monoisotopic (exact) mass is 270 g/mol. The minimum atomic E-state index is -0.981. The fourth-order valence-corrected chi connectivity index (χ4v) is 3.16. The first-order valence-corrected chi connectivity index (χ1v) is 6.89. The molecule has 5 nitrogen and oxygen atoms in total. The van der Waals surface area contributed by atoms with Gasteiger partial charge in [0.2, 0.25) is 0 Å². The zero-order chi connectivity index (χ0) is 14.3. The van der Waals surface area contributed by atoms with Gasteiger partial charge >= 0.3 is 11.9 Å². The number of esters is 1. The first-order valence-electron chi connectivity index (χ1n) is 6.89. The average molecular weight is 270 g/mol. The molecule has 2 heterocycles. The second-order valence-corrected chi connectivity index (χ2v) is 6.21. The van der Waals surface area contributed by atoms with E-state index in [2.05, 4.69) is 13.8 Å². The molecule has 2 rings (SSSR count). The van der Waals surface area contributed by atoms with Gasteiger partial charge in [0.25, 0.3) is 0 Å². The fourth-order valence-electron chi connectivity index (χ4n) is 3.16. The van der Waals surface area contributed by atoms with Crippen molar-refractivity contribution in [1.29, 1.82) is 0 Å². The molecule has 5 heteroatoms. The van der Waals surface area contributed by atoms with Gasteiger partial charge in [-0.25, -0.2) is 0 Å². The molecule has 0 aromatic carbocycles. The van der Waals surface area contributed by atoms with Gasteiger partial charge in [0.1, 0.15) is 11.7 Å². The Morgan fingerprint density at radius 1 is 1.37 bits per heavy atom. The minimum absolute atomic E-state index is 0.0728. The maximum Gasteiger partial charge on any atom is 0.306 e. The number of ether oxygens (including phenoxy) is 2. The largest absolute Gasteiger partial charge is 0.481 e. The number of carboxylic acid groups (broad SMARTS) is 1. The van der Waals surface area contributed by atoms with Crippen LogP contribution in [0.2, 0.25) is 0 Å². The lowest BCUT2D eigenvalue weighted by atomic mass is 9.75. The number of carbonyl (C=O) groups excluding carboxylic acids is 1. The van der Waals surface area contributed by atoms with Crippen molar-refractivity contribution in [1.82, 2.24) is 0 Å². The molecule has 0 aromatic rings. The normalized spacial score (nSPS) is 36.7. The highest BCUT2D eigenvalue weighted by atomic mass is 16.6. The van der Waals surface area contributed by atoms with Crippen LogP contribution in [0.1, 0.15) is 52.9 Å². The third kappa shape index (κ3) is 2.61. The molecule has 1 N–H and O–H groups in total. The van der Waals surface area contributed by atoms with E-state index in [0.717, 1.165) is 19.3 Å². The summed E-state index contributed by atoms with van der Waals surface area (Å²) in [7, 11) is 0. The average Bonchev–Trinajstić information content (AvgIpc) is 2.79. The van der Waals surface area contributed by atoms with Crippen molar-refractivity contribution in [2.75, 3.05) is 0 Å². The summed E-state index contributed by atoms with van der Waals surface area (Å²) in [6, 6.07) is 0. The van der Waals surface area contributed by atoms with Gasteiger partial charge < -0.3 is 14.6 Å². The molecule has 2 saturated heterocycles. The van der Waals surface area contributed by atoms with Crippen LogP contribution in [0.15, 0.2) is 0 Å². The molecule has 108 valence electrons. The maximum atomic E-state index is 11.7. The SMILES string of the molecule is CC(C)[C@]12CC[C@](C)(O1)[C@H](OC(=O)CCC(=O)O)C2. The molecular weight excluding hydrogens is 248 g/mol. The highest BCUT2D eigenvalue weighted by Gasteiger charge is 2.61. The first kappa shape index (κ1) is 14.3. The molecule has 2 aliphatic heterocycles. The van der Waals surface area contributed by atoms with E-state index in [1.165, 1.54) is 0 Å². The second-order valence-electron chi connectivity index (χ2n) is 6.21. The van der Waals surface area contributed by atoms with Gasteiger partial charge in [0.05, 0.1) is 18.4 Å². The standard InChI is InChI=1S/C14H22O5/c1-9(2)14-7-6-13(3,19-14)10(8-14)18-12(17)5-4-11(15)16/h9-10H,4-8H2,1-3H3,(H,15,16)/t10-,13+,14-/m1/s1. The summed E-state index contributed by atoms with van der Waals surface area (Å²) in [5, 5.41) is 8.56. The molecule has 0 radical (unpaired) electrons. The molecule has 0 aromatic heterocycles. The van der Waals surface area contributed by atoms with Gasteiger partial charge in [-0.15, -0.1) is 0 Å². The number of hydrogen-bond acceptors (Lipinski definition) is 4. The molecule has 0 spiro atoms. The summed E-state index contributed by atoms with van der Waals surface area (Å²) in [5.41, 5.74) is -0.574. The van der Waals surface area contributed by atoms with E-state index < -0.39 is 17.5 Å². The highest BCUT2D eigenvalue weighted by molar-refractivity contribution is 5.76. The van der Waals surface area contributed by atoms with Crippen LogP contribution < -0.4 is 0 Å². The third-order valence-electron chi connectivity index (χ3n) is 4.56. The van der Waals surface area contributed by atoms with Crippen molar-refractivity contribution in [3.8, 4) is 0 Å². The number of hydrogen-bond donors (Lipinski definition) is 1. The van der Waals surface area contributed by atoms with Crippen molar-refractivity contribution in [2.24, 2.45) is 5.92 Å². The van der Waals surface area contributed by atoms with E-state index in [1.807, 2.05) is 6.92 Å². The molecule has 2 aliphatic rings. The Morgan fingerprint density at radius 2 is 2.05 bits per heavy atom. The lowest BCUT2D eigenvalue weighted by Crippen LogP contribution is -2.39. The van der Waals surface area contributed by atoms with E-state index in [4.69, 9.17) is 14.6 Å². The van der Waals surface area contributed by atoms with Crippen molar-refractivity contribution < 1.29 is 24.2 Å². The molecule has 0 aliphatic carbocycles. The summed E-state index contributed by atoms with van der Waals surface area (Å²) in [6.45, 7) is 6.24. The quantitative estimate of drug-likeness (QED) is 0.775. The molecule has 2 bridgehead atoms. The summed E-state index contributed by atoms with van der Waals surface area (Å²) >= 11 is 0. The third-order valence-corrected chi connectivity index (χ3v) is 4.56. The van der Waals surface area contributed by atoms with Crippen LogP contribution in [0.25, 0.3) is 0 Å². The lowest BCUT2D eigenvalue weighted by Gasteiger charge is -2.31. The van der Waals surface area contributed by atoms with Gasteiger partial charge in [-0.05, 0) is 25.7 Å². The number of fused-ring (bicyclic) bond motifs is 2. The predicted octanol–water partition coefficient (Wildman–Crippen LogP) is 2.13. The number of aliphatic carboxylic acids is 1. The zero-order valence-electron chi connectivity index (χ0n) is 11.8. The van der Waals surface area contributed by atoms with E-state index in [9.17, 15) is 9.59 Å². The smallest absolute Gasteiger partial charge is 0.306 e. The summed E-state index contributed by atoms with van der Waals surface area (Å²) in [4.78, 5) is 22.1. The van der Waals surface area contributed by atoms with Gasteiger partial charge in [0.15, 0.2) is 0 Å². The van der Waals surface area contributed by atoms with Gasteiger partial charge in [0, 0.05) is 6.42 Å². The number of carboxylic acids is 1. The van der Waals surface area contributed by atoms with Crippen molar-refractivity contribution in [3.05, 3.63) is 0 Å². The number of rotatable bonds is 5. The van der Waals surface area contributed by atoms with Crippen LogP contribution in [-0.2, 0) is 19.1 Å². The summed E-state index contributed by atoms with van der Waals surface area (Å²) in [5.74, 6) is -1.04. The van der Waals surface area contributed by atoms with Crippen LogP contribution in [0.4, 0.5) is 0 Å². The van der Waals surface area contributed by atoms with Crippen LogP contribution in [-0.4, -0.2) is 34.4 Å². The molecule has 19 heavy (non-hydrogen) atoms. The number of carbonyl (C=O) groups is 2. The van der Waals surface area contributed by atoms with Crippen LogP contribution in [0.3, 0.4) is 0 Å². The minimum Gasteiger partial charge on any atom is -0.481 e. The van der Waals surface area contributed by atoms with Gasteiger partial charge in [-0.1, -0.05) is 13.8 Å². The fraction of sp³-hybridized carbons (Fsp3) is 0.857. The molecule has 0 saturated carbocycles. The van der Waals surface area contributed by atoms with Crippen molar-refractivity contribution in [2.45, 2.75) is 70.2 Å². The Hall–Kier alpha value is -1.10. The highest BCUT2D eigenvalue weighted by Crippen LogP contribution is 2.55. The molecule has 0 amide bonds. The van der Waals surface area contributed by atoms with E-state index >= 15 is 0 Å². The van der Waals surface area contributed by atoms with Gasteiger partial charge in [-0.3, -0.25) is 9.59 Å². The Morgan fingerprint density at radius 3 is 2.58 bits per heavy atom. The van der Waals surface area contributed by atoms with Crippen molar-refractivity contribution >= 4 is 11.9 Å². The Bertz CT molecular complexity index is 391. The van der Waals surface area contributed by atoms with Crippen LogP contribution in [0.5, 0.6) is 0 Å². The molecule has 2 fully saturated rings. The maximum absolute atomic E-state index is 11.7. The molecular formula is C14H22O5. The lowest BCUT2D eigenvalue weighted by molar-refractivity contribution is -0.159. The summed E-state index contributed by atoms with van der Waals surface area (Å²) < 4.78 is 11.6. The molecule has 0 unspecified atom stereocenters.